The lowest BCUT2D eigenvalue weighted by Crippen LogP contribution is -2.35. The number of ether oxygens (including phenoxy) is 3. The van der Waals surface area contributed by atoms with E-state index >= 15 is 0 Å². The minimum atomic E-state index is -0.312. The van der Waals surface area contributed by atoms with E-state index in [0.717, 1.165) is 12.8 Å². The number of nitrogens with one attached hydrogen (secondary N) is 1. The molecule has 3 fully saturated rings. The summed E-state index contributed by atoms with van der Waals surface area (Å²) < 4.78 is 16.1. The zero-order valence-electron chi connectivity index (χ0n) is 17.1. The number of ketones is 1. The molecule has 1 saturated heterocycles. The van der Waals surface area contributed by atoms with E-state index in [1.54, 1.807) is 55.6 Å². The van der Waals surface area contributed by atoms with E-state index in [2.05, 4.69) is 5.32 Å². The van der Waals surface area contributed by atoms with Crippen LogP contribution in [0.2, 0.25) is 0 Å². The van der Waals surface area contributed by atoms with Crippen LogP contribution < -0.4 is 14.8 Å². The zero-order valence-corrected chi connectivity index (χ0v) is 17.1. The summed E-state index contributed by atoms with van der Waals surface area (Å²) >= 11 is 0. The summed E-state index contributed by atoms with van der Waals surface area (Å²) in [5.74, 6) is 0.439. The molecular formula is C24H23NO6. The first-order chi connectivity index (χ1) is 15.0. The summed E-state index contributed by atoms with van der Waals surface area (Å²) in [7, 11) is 1.55. The molecule has 1 N–H and O–H groups in total. The van der Waals surface area contributed by atoms with Crippen molar-refractivity contribution < 1.29 is 28.6 Å². The molecule has 0 unspecified atom stereocenters. The molecule has 1 heterocycles. The van der Waals surface area contributed by atoms with Gasteiger partial charge in [-0.3, -0.25) is 14.4 Å². The average molecular weight is 421 g/mol. The van der Waals surface area contributed by atoms with Crippen molar-refractivity contribution in [3.63, 3.8) is 0 Å². The van der Waals surface area contributed by atoms with Crippen LogP contribution in [0.1, 0.15) is 23.2 Å². The molecule has 2 bridgehead atoms. The van der Waals surface area contributed by atoms with Gasteiger partial charge in [-0.1, -0.05) is 12.1 Å². The number of methoxy groups -OCH3 is 1. The number of carbonyl (C=O) groups excluding carboxylic acids is 3. The molecule has 160 valence electrons. The van der Waals surface area contributed by atoms with Gasteiger partial charge < -0.3 is 19.5 Å². The SMILES string of the molecule is COc1cccc(C(=O)COc2ccc(NC(=O)[C@H]3[C@H]4C[C@@H]5[C@@H]3C(=O)O[C@@H]5C4)cc2)c1. The van der Waals surface area contributed by atoms with Crippen LogP contribution in [0.5, 0.6) is 11.5 Å². The standard InChI is InChI=1S/C24H23NO6/c1-29-17-4-2-3-13(9-17)19(26)12-30-16-7-5-15(6-8-16)25-23(27)21-14-10-18-20(11-14)31-24(28)22(18)21/h2-9,14,18,20-22H,10-12H2,1H3,(H,25,27)/t14-,18-,20+,21-,22-/m0/s1. The Morgan fingerprint density at radius 3 is 2.68 bits per heavy atom. The maximum absolute atomic E-state index is 12.8. The molecule has 1 amide bonds. The van der Waals surface area contributed by atoms with Gasteiger partial charge in [0, 0.05) is 17.2 Å². The summed E-state index contributed by atoms with van der Waals surface area (Å²) in [6.45, 7) is -0.102. The number of fused-ring (bicyclic) bond motifs is 1. The molecule has 5 rings (SSSR count). The smallest absolute Gasteiger partial charge is 0.310 e. The number of anilines is 1. The zero-order chi connectivity index (χ0) is 21.5. The summed E-state index contributed by atoms with van der Waals surface area (Å²) in [6, 6.07) is 13.8. The van der Waals surface area contributed by atoms with Crippen molar-refractivity contribution in [2.75, 3.05) is 19.0 Å². The minimum Gasteiger partial charge on any atom is -0.497 e. The van der Waals surface area contributed by atoms with E-state index in [1.165, 1.54) is 0 Å². The second-order valence-electron chi connectivity index (χ2n) is 8.38. The van der Waals surface area contributed by atoms with Crippen LogP contribution in [0.3, 0.4) is 0 Å². The predicted molar refractivity (Wildman–Crippen MR) is 111 cm³/mol. The molecule has 31 heavy (non-hydrogen) atoms. The Labute approximate surface area is 179 Å². The van der Waals surface area contributed by atoms with Gasteiger partial charge in [-0.25, -0.2) is 0 Å². The Balaban J connectivity index is 1.17. The van der Waals surface area contributed by atoms with Crippen molar-refractivity contribution in [2.45, 2.75) is 18.9 Å². The molecule has 3 aliphatic rings. The second kappa shape index (κ2) is 7.72. The van der Waals surface area contributed by atoms with Gasteiger partial charge in [-0.15, -0.1) is 0 Å². The van der Waals surface area contributed by atoms with Crippen LogP contribution in [0.4, 0.5) is 5.69 Å². The Kier molecular flexibility index (Phi) is 4.88. The lowest BCUT2D eigenvalue weighted by molar-refractivity contribution is -0.145. The molecule has 7 nitrogen and oxygen atoms in total. The summed E-state index contributed by atoms with van der Waals surface area (Å²) in [5, 5.41) is 2.92. The van der Waals surface area contributed by atoms with Crippen molar-refractivity contribution >= 4 is 23.3 Å². The van der Waals surface area contributed by atoms with Gasteiger partial charge >= 0.3 is 5.97 Å². The number of esters is 1. The highest BCUT2D eigenvalue weighted by atomic mass is 16.6. The normalized spacial score (nSPS) is 27.6. The maximum Gasteiger partial charge on any atom is 0.310 e. The fourth-order valence-electron chi connectivity index (χ4n) is 5.25. The van der Waals surface area contributed by atoms with Gasteiger partial charge in [0.05, 0.1) is 18.9 Å². The van der Waals surface area contributed by atoms with Crippen LogP contribution >= 0.6 is 0 Å². The van der Waals surface area contributed by atoms with Crippen molar-refractivity contribution in [1.82, 2.24) is 0 Å². The van der Waals surface area contributed by atoms with Gasteiger partial charge in [0.15, 0.2) is 12.4 Å². The highest BCUT2D eigenvalue weighted by molar-refractivity contribution is 5.98. The number of benzene rings is 2. The molecule has 0 radical (unpaired) electrons. The van der Waals surface area contributed by atoms with E-state index < -0.39 is 0 Å². The van der Waals surface area contributed by atoms with Crippen LogP contribution in [-0.4, -0.2) is 37.5 Å². The number of Topliss-reactive ketones (excluding diaryl/α,β-unsaturated/α-hetero) is 1. The monoisotopic (exact) mass is 421 g/mol. The Hall–Kier alpha value is -3.35. The summed E-state index contributed by atoms with van der Waals surface area (Å²) in [6.07, 6.45) is 1.70. The van der Waals surface area contributed by atoms with Crippen molar-refractivity contribution in [3.8, 4) is 11.5 Å². The molecule has 7 heteroatoms. The molecule has 1 aliphatic heterocycles. The van der Waals surface area contributed by atoms with Gasteiger partial charge in [0.1, 0.15) is 17.6 Å². The largest absolute Gasteiger partial charge is 0.497 e. The van der Waals surface area contributed by atoms with Gasteiger partial charge in [0.2, 0.25) is 5.91 Å². The number of hydrogen-bond donors (Lipinski definition) is 1. The number of amides is 1. The number of carbonyl (C=O) groups is 3. The minimum absolute atomic E-state index is 0.0164. The first kappa shape index (κ1) is 19.6. The topological polar surface area (TPSA) is 90.9 Å². The summed E-state index contributed by atoms with van der Waals surface area (Å²) in [5.41, 5.74) is 1.14. The van der Waals surface area contributed by atoms with Crippen LogP contribution in [0, 0.1) is 23.7 Å². The Morgan fingerprint density at radius 2 is 1.90 bits per heavy atom. The highest BCUT2D eigenvalue weighted by Crippen LogP contribution is 2.57. The van der Waals surface area contributed by atoms with Gasteiger partial charge in [-0.05, 0) is 55.2 Å². The Bertz CT molecular complexity index is 1030. The third kappa shape index (κ3) is 3.54. The van der Waals surface area contributed by atoms with Crippen molar-refractivity contribution in [1.29, 1.82) is 0 Å². The van der Waals surface area contributed by atoms with Crippen LogP contribution in [-0.2, 0) is 14.3 Å². The third-order valence-electron chi connectivity index (χ3n) is 6.67. The van der Waals surface area contributed by atoms with E-state index in [0.29, 0.717) is 22.7 Å². The molecule has 2 aliphatic carbocycles. The van der Waals surface area contributed by atoms with Crippen LogP contribution in [0.15, 0.2) is 48.5 Å². The third-order valence-corrected chi connectivity index (χ3v) is 6.67. The Morgan fingerprint density at radius 1 is 1.10 bits per heavy atom. The van der Waals surface area contributed by atoms with E-state index in [1.807, 2.05) is 0 Å². The average Bonchev–Trinajstić information content (AvgIpc) is 3.41. The predicted octanol–water partition coefficient (Wildman–Crippen LogP) is 3.09. The lowest BCUT2D eigenvalue weighted by atomic mass is 9.79. The first-order valence-corrected chi connectivity index (χ1v) is 10.4. The second-order valence-corrected chi connectivity index (χ2v) is 8.38. The first-order valence-electron chi connectivity index (χ1n) is 10.4. The van der Waals surface area contributed by atoms with Crippen molar-refractivity contribution in [3.05, 3.63) is 54.1 Å². The molecule has 2 aromatic carbocycles. The molecule has 5 atom stereocenters. The van der Waals surface area contributed by atoms with E-state index in [4.69, 9.17) is 14.2 Å². The number of hydrogen-bond acceptors (Lipinski definition) is 6. The van der Waals surface area contributed by atoms with Crippen LogP contribution in [0.25, 0.3) is 0 Å². The fraction of sp³-hybridized carbons (Fsp3) is 0.375. The molecule has 0 aromatic heterocycles. The van der Waals surface area contributed by atoms with Gasteiger partial charge in [-0.2, -0.15) is 0 Å². The maximum atomic E-state index is 12.8. The highest BCUT2D eigenvalue weighted by Gasteiger charge is 2.63. The lowest BCUT2D eigenvalue weighted by Gasteiger charge is -2.23. The summed E-state index contributed by atoms with van der Waals surface area (Å²) in [4.78, 5) is 37.3. The molecule has 0 spiro atoms. The van der Waals surface area contributed by atoms with E-state index in [-0.39, 0.29) is 54.0 Å². The van der Waals surface area contributed by atoms with Gasteiger partial charge in [0.25, 0.3) is 0 Å². The molecule has 2 aromatic rings. The molecule has 2 saturated carbocycles. The van der Waals surface area contributed by atoms with Crippen molar-refractivity contribution in [2.24, 2.45) is 23.7 Å². The fourth-order valence-corrected chi connectivity index (χ4v) is 5.25. The van der Waals surface area contributed by atoms with E-state index in [9.17, 15) is 14.4 Å². The quantitative estimate of drug-likeness (QED) is 0.546. The number of rotatable bonds is 7. The molecular weight excluding hydrogens is 398 g/mol.